The van der Waals surface area contributed by atoms with E-state index in [1.807, 2.05) is 0 Å². The lowest BCUT2D eigenvalue weighted by atomic mass is 10.1. The molecule has 0 aliphatic heterocycles. The first-order valence-electron chi connectivity index (χ1n) is 7.89. The molecule has 0 aromatic carbocycles. The van der Waals surface area contributed by atoms with Crippen LogP contribution in [0.1, 0.15) is 26.2 Å². The lowest BCUT2D eigenvalue weighted by molar-refractivity contribution is -0.128. The van der Waals surface area contributed by atoms with Crippen molar-refractivity contribution in [2.24, 2.45) is 0 Å². The highest BCUT2D eigenvalue weighted by Crippen LogP contribution is 2.01. The van der Waals surface area contributed by atoms with Crippen molar-refractivity contribution in [2.45, 2.75) is 38.3 Å². The molecule has 0 aliphatic carbocycles. The van der Waals surface area contributed by atoms with E-state index in [-0.39, 0.29) is 30.0 Å². The van der Waals surface area contributed by atoms with E-state index in [2.05, 4.69) is 52.1 Å². The smallest absolute Gasteiger partial charge is 0.290 e. The fourth-order valence-corrected chi connectivity index (χ4v) is 2.33. The summed E-state index contributed by atoms with van der Waals surface area (Å²) in [6.07, 6.45) is 2.22. The Bertz CT molecular complexity index is 465. The molecule has 2 unspecified atom stereocenters. The predicted octanol–water partition coefficient (Wildman–Crippen LogP) is -0.991. The van der Waals surface area contributed by atoms with E-state index in [0.29, 0.717) is 13.0 Å². The molecule has 0 aromatic heterocycles. The largest absolute Gasteiger partial charge is 0.354 e. The van der Waals surface area contributed by atoms with Crippen LogP contribution in [0.3, 0.4) is 0 Å². The highest BCUT2D eigenvalue weighted by molar-refractivity contribution is 7.96. The van der Waals surface area contributed by atoms with E-state index in [9.17, 15) is 19.2 Å². The first-order valence-corrected chi connectivity index (χ1v) is 8.97. The second kappa shape index (κ2) is 13.9. The Morgan fingerprint density at radius 3 is 2.28 bits per heavy atom. The molecule has 144 valence electrons. The van der Waals surface area contributed by atoms with Gasteiger partial charge in [0.25, 0.3) is 5.24 Å². The third-order valence-corrected chi connectivity index (χ3v) is 3.81. The van der Waals surface area contributed by atoms with Gasteiger partial charge in [-0.1, -0.05) is 12.6 Å². The van der Waals surface area contributed by atoms with Crippen molar-refractivity contribution in [1.82, 2.24) is 26.8 Å². The monoisotopic (exact) mass is 393 g/mol. The van der Waals surface area contributed by atoms with Crippen LogP contribution in [-0.2, 0) is 14.4 Å². The minimum absolute atomic E-state index is 0.0899. The topological polar surface area (TPSA) is 128 Å². The second-order valence-electron chi connectivity index (χ2n) is 5.33. The summed E-state index contributed by atoms with van der Waals surface area (Å²) in [4.78, 5) is 45.5. The summed E-state index contributed by atoms with van der Waals surface area (Å²) in [5.74, 6) is -0.567. The highest BCUT2D eigenvalue weighted by Gasteiger charge is 2.18. The summed E-state index contributed by atoms with van der Waals surface area (Å²) in [7, 11) is 1.74. The molecular formula is C14H27N5O4S2. The molecule has 0 radical (unpaired) electrons. The summed E-state index contributed by atoms with van der Waals surface area (Å²) in [6.45, 7) is 1.79. The van der Waals surface area contributed by atoms with E-state index in [1.54, 1.807) is 14.0 Å². The van der Waals surface area contributed by atoms with E-state index >= 15 is 0 Å². The highest BCUT2D eigenvalue weighted by atomic mass is 32.1. The van der Waals surface area contributed by atoms with E-state index < -0.39 is 17.2 Å². The van der Waals surface area contributed by atoms with E-state index in [4.69, 9.17) is 0 Å². The van der Waals surface area contributed by atoms with E-state index in [0.717, 1.165) is 12.8 Å². The number of Topliss-reactive ketones (excluding diaryl/α,β-unsaturated/α-hetero) is 1. The van der Waals surface area contributed by atoms with Gasteiger partial charge in [-0.25, -0.2) is 5.43 Å². The Balaban J connectivity index is 4.02. The van der Waals surface area contributed by atoms with Gasteiger partial charge in [-0.05, 0) is 33.2 Å². The number of nitrogens with one attached hydrogen (secondary N) is 5. The molecule has 0 heterocycles. The zero-order valence-electron chi connectivity index (χ0n) is 14.4. The van der Waals surface area contributed by atoms with Crippen LogP contribution in [0.4, 0.5) is 4.79 Å². The molecule has 2 atom stereocenters. The number of carbonyl (C=O) groups is 4. The molecule has 0 fully saturated rings. The standard InChI is InChI=1S/C14H27N5O4S2/c1-9(20)10(15-2)5-3-4-6-16-13(22)11(8-24)18-12(21)7-17-19-14(23)25/h10-11,15,17,24H,3-8H2,1-2H3,(H,16,22)(H,18,21)(H2,19,23,25). The minimum Gasteiger partial charge on any atom is -0.354 e. The summed E-state index contributed by atoms with van der Waals surface area (Å²) < 4.78 is 0. The average molecular weight is 394 g/mol. The third kappa shape index (κ3) is 11.8. The maximum absolute atomic E-state index is 12.0. The van der Waals surface area contributed by atoms with Gasteiger partial charge in [0.2, 0.25) is 11.8 Å². The van der Waals surface area contributed by atoms with Gasteiger partial charge in [-0.3, -0.25) is 24.6 Å². The van der Waals surface area contributed by atoms with Crippen LogP contribution in [0.15, 0.2) is 0 Å². The first kappa shape index (κ1) is 23.7. The van der Waals surface area contributed by atoms with Crippen LogP contribution in [0.5, 0.6) is 0 Å². The lowest BCUT2D eigenvalue weighted by Crippen LogP contribution is -2.51. The van der Waals surface area contributed by atoms with Crippen LogP contribution in [0, 0.1) is 0 Å². The van der Waals surface area contributed by atoms with Crippen LogP contribution < -0.4 is 26.8 Å². The third-order valence-electron chi connectivity index (χ3n) is 3.34. The molecule has 0 saturated carbocycles. The van der Waals surface area contributed by atoms with Gasteiger partial charge in [0.05, 0.1) is 12.6 Å². The quantitative estimate of drug-likeness (QED) is 0.122. The Morgan fingerprint density at radius 1 is 1.08 bits per heavy atom. The molecule has 0 aromatic rings. The fraction of sp³-hybridized carbons (Fsp3) is 0.714. The van der Waals surface area contributed by atoms with Crippen LogP contribution in [0.2, 0.25) is 0 Å². The van der Waals surface area contributed by atoms with Gasteiger partial charge in [0.15, 0.2) is 0 Å². The molecular weight excluding hydrogens is 366 g/mol. The van der Waals surface area contributed by atoms with Crippen molar-refractivity contribution in [3.63, 3.8) is 0 Å². The number of likely N-dealkylation sites (N-methyl/N-ethyl adjacent to an activating group) is 1. The number of ketones is 1. The van der Waals surface area contributed by atoms with Crippen LogP contribution in [0.25, 0.3) is 0 Å². The Morgan fingerprint density at radius 2 is 1.76 bits per heavy atom. The molecule has 9 nitrogen and oxygen atoms in total. The molecule has 3 amide bonds. The van der Waals surface area contributed by atoms with Gasteiger partial charge < -0.3 is 16.0 Å². The van der Waals surface area contributed by atoms with Gasteiger partial charge in [-0.15, -0.1) is 0 Å². The Kier molecular flexibility index (Phi) is 13.2. The molecule has 25 heavy (non-hydrogen) atoms. The van der Waals surface area contributed by atoms with Gasteiger partial charge in [0.1, 0.15) is 11.8 Å². The number of amides is 3. The van der Waals surface area contributed by atoms with Crippen LogP contribution in [-0.4, -0.2) is 60.8 Å². The van der Waals surface area contributed by atoms with Crippen LogP contribution >= 0.6 is 25.3 Å². The maximum atomic E-state index is 12.0. The number of rotatable bonds is 13. The number of unbranched alkanes of at least 4 members (excludes halogenated alkanes) is 1. The number of hydrazine groups is 1. The van der Waals surface area contributed by atoms with Crippen molar-refractivity contribution >= 4 is 48.1 Å². The summed E-state index contributed by atoms with van der Waals surface area (Å²) in [5.41, 5.74) is 4.49. The summed E-state index contributed by atoms with van der Waals surface area (Å²) in [5, 5.41) is 7.55. The summed E-state index contributed by atoms with van der Waals surface area (Å²) in [6, 6.07) is -0.933. The summed E-state index contributed by atoms with van der Waals surface area (Å²) >= 11 is 7.52. The molecule has 11 heteroatoms. The predicted molar refractivity (Wildman–Crippen MR) is 102 cm³/mol. The van der Waals surface area contributed by atoms with Gasteiger partial charge in [-0.2, -0.15) is 12.6 Å². The SMILES string of the molecule is CNC(CCCCNC(=O)C(CS)NC(=O)CNNC(=O)S)C(C)=O. The second-order valence-corrected chi connectivity index (χ2v) is 6.10. The normalized spacial score (nSPS) is 12.8. The van der Waals surface area contributed by atoms with Crippen molar-refractivity contribution in [3.05, 3.63) is 0 Å². The Hall–Kier alpha value is -1.30. The molecule has 0 bridgehead atoms. The zero-order valence-corrected chi connectivity index (χ0v) is 16.2. The minimum atomic E-state index is -0.772. The molecule has 0 rings (SSSR count). The number of thiol groups is 2. The molecule has 0 spiro atoms. The van der Waals surface area contributed by atoms with Crippen molar-refractivity contribution in [3.8, 4) is 0 Å². The van der Waals surface area contributed by atoms with E-state index in [1.165, 1.54) is 0 Å². The molecule has 5 N–H and O–H groups in total. The van der Waals surface area contributed by atoms with Gasteiger partial charge in [0, 0.05) is 12.3 Å². The molecule has 0 aliphatic rings. The Labute approximate surface area is 158 Å². The number of carbonyl (C=O) groups excluding carboxylic acids is 4. The first-order chi connectivity index (χ1) is 11.8. The average Bonchev–Trinajstić information content (AvgIpc) is 2.54. The number of hydrogen-bond donors (Lipinski definition) is 7. The van der Waals surface area contributed by atoms with Crippen molar-refractivity contribution in [1.29, 1.82) is 0 Å². The zero-order chi connectivity index (χ0) is 19.2. The molecule has 0 saturated heterocycles. The fourth-order valence-electron chi connectivity index (χ4n) is 2.00. The van der Waals surface area contributed by atoms with Crippen molar-refractivity contribution in [2.75, 3.05) is 25.9 Å². The van der Waals surface area contributed by atoms with Crippen molar-refractivity contribution < 1.29 is 19.2 Å². The number of hydrogen-bond acceptors (Lipinski definition) is 7. The maximum Gasteiger partial charge on any atom is 0.290 e. The van der Waals surface area contributed by atoms with Gasteiger partial charge >= 0.3 is 0 Å². The lowest BCUT2D eigenvalue weighted by Gasteiger charge is -2.17.